The van der Waals surface area contributed by atoms with E-state index in [1.807, 2.05) is 48.5 Å². The fourth-order valence-electron chi connectivity index (χ4n) is 5.87. The predicted octanol–water partition coefficient (Wildman–Crippen LogP) is 4.81. The molecular weight excluding hydrogens is 472 g/mol. The summed E-state index contributed by atoms with van der Waals surface area (Å²) in [6.45, 7) is 1.75. The highest BCUT2D eigenvalue weighted by Crippen LogP contribution is 2.66. The lowest BCUT2D eigenvalue weighted by atomic mass is 9.55. The maximum atomic E-state index is 13.9. The summed E-state index contributed by atoms with van der Waals surface area (Å²) in [6, 6.07) is 20.2. The average Bonchev–Trinajstić information content (AvgIpc) is 3.06. The van der Waals surface area contributed by atoms with E-state index in [-0.39, 0.29) is 29.1 Å². The molecule has 3 aliphatic carbocycles. The van der Waals surface area contributed by atoms with Gasteiger partial charge in [0.05, 0.1) is 26.8 Å². The van der Waals surface area contributed by atoms with E-state index >= 15 is 0 Å². The molecular formula is C25H17BrN2O4. The second-order valence-electron chi connectivity index (χ2n) is 8.61. The van der Waals surface area contributed by atoms with Gasteiger partial charge < -0.3 is 0 Å². The van der Waals surface area contributed by atoms with Crippen LogP contribution in [0.3, 0.4) is 0 Å². The Labute approximate surface area is 192 Å². The second-order valence-corrected chi connectivity index (χ2v) is 9.86. The number of nitrogens with zero attached hydrogens (tertiary/aromatic N) is 2. The minimum absolute atomic E-state index is 0.149. The van der Waals surface area contributed by atoms with Crippen molar-refractivity contribution in [3.8, 4) is 0 Å². The number of nitro groups is 1. The van der Waals surface area contributed by atoms with Crippen LogP contribution in [0.1, 0.15) is 33.7 Å². The Balaban J connectivity index is 1.60. The summed E-state index contributed by atoms with van der Waals surface area (Å²) in [7, 11) is 0. The second kappa shape index (κ2) is 6.36. The van der Waals surface area contributed by atoms with Crippen LogP contribution < -0.4 is 4.90 Å². The van der Waals surface area contributed by atoms with Crippen LogP contribution in [0.5, 0.6) is 0 Å². The first-order valence-corrected chi connectivity index (χ1v) is 11.2. The van der Waals surface area contributed by atoms with Crippen molar-refractivity contribution >= 4 is 39.1 Å². The number of imide groups is 1. The van der Waals surface area contributed by atoms with Crippen molar-refractivity contribution in [3.63, 3.8) is 0 Å². The van der Waals surface area contributed by atoms with E-state index in [4.69, 9.17) is 0 Å². The molecule has 0 N–H and O–H groups in total. The summed E-state index contributed by atoms with van der Waals surface area (Å²) in [5.74, 6) is -2.09. The number of halogens is 1. The van der Waals surface area contributed by atoms with Crippen LogP contribution in [0.25, 0.3) is 0 Å². The topological polar surface area (TPSA) is 80.5 Å². The van der Waals surface area contributed by atoms with E-state index in [1.54, 1.807) is 13.0 Å². The Hall–Kier alpha value is -3.32. The summed E-state index contributed by atoms with van der Waals surface area (Å²) >= 11 is 3.95. The van der Waals surface area contributed by atoms with Crippen LogP contribution in [-0.4, -0.2) is 16.7 Å². The maximum Gasteiger partial charge on any atom is 0.271 e. The summed E-state index contributed by atoms with van der Waals surface area (Å²) in [5, 5.41) is 11.4. The third-order valence-corrected chi connectivity index (χ3v) is 8.51. The fraction of sp³-hybridized carbons (Fsp3) is 0.200. The molecule has 0 saturated carbocycles. The number of benzene rings is 3. The van der Waals surface area contributed by atoms with Gasteiger partial charge in [0.15, 0.2) is 0 Å². The first-order valence-electron chi connectivity index (χ1n) is 10.4. The van der Waals surface area contributed by atoms with Crippen LogP contribution in [0.2, 0.25) is 0 Å². The van der Waals surface area contributed by atoms with E-state index < -0.39 is 21.1 Å². The number of nitro benzene ring substituents is 1. The molecule has 1 aliphatic heterocycles. The van der Waals surface area contributed by atoms with E-state index in [9.17, 15) is 19.7 Å². The largest absolute Gasteiger partial charge is 0.274 e. The molecule has 3 aromatic rings. The monoisotopic (exact) mass is 488 g/mol. The van der Waals surface area contributed by atoms with Crippen molar-refractivity contribution in [3.05, 3.63) is 105 Å². The number of hydrogen-bond acceptors (Lipinski definition) is 4. The Bertz CT molecular complexity index is 1320. The molecule has 1 fully saturated rings. The van der Waals surface area contributed by atoms with Gasteiger partial charge in [-0.2, -0.15) is 0 Å². The molecule has 3 aromatic carbocycles. The number of aryl methyl sites for hydroxylation is 1. The predicted molar refractivity (Wildman–Crippen MR) is 122 cm³/mol. The molecule has 2 atom stereocenters. The van der Waals surface area contributed by atoms with Crippen LogP contribution in [0.15, 0.2) is 66.7 Å². The van der Waals surface area contributed by atoms with Crippen molar-refractivity contribution in [2.45, 2.75) is 17.2 Å². The van der Waals surface area contributed by atoms with Crippen molar-refractivity contribution in [2.75, 3.05) is 4.90 Å². The Morgan fingerprint density at radius 2 is 1.53 bits per heavy atom. The summed E-state index contributed by atoms with van der Waals surface area (Å²) < 4.78 is -0.838. The smallest absolute Gasteiger partial charge is 0.271 e. The molecule has 158 valence electrons. The molecule has 6 nitrogen and oxygen atoms in total. The summed E-state index contributed by atoms with van der Waals surface area (Å²) in [6.07, 6.45) is 0. The fourth-order valence-corrected chi connectivity index (χ4v) is 7.07. The molecule has 2 amide bonds. The molecule has 4 aliphatic rings. The van der Waals surface area contributed by atoms with Gasteiger partial charge in [-0.1, -0.05) is 70.5 Å². The van der Waals surface area contributed by atoms with Gasteiger partial charge in [0.25, 0.3) is 5.69 Å². The first kappa shape index (κ1) is 19.4. The van der Waals surface area contributed by atoms with Crippen molar-refractivity contribution in [2.24, 2.45) is 11.8 Å². The minimum Gasteiger partial charge on any atom is -0.274 e. The highest BCUT2D eigenvalue weighted by molar-refractivity contribution is 9.09. The highest BCUT2D eigenvalue weighted by Gasteiger charge is 2.67. The van der Waals surface area contributed by atoms with E-state index in [2.05, 4.69) is 15.9 Å². The van der Waals surface area contributed by atoms with Gasteiger partial charge in [-0.3, -0.25) is 19.7 Å². The molecule has 0 unspecified atom stereocenters. The van der Waals surface area contributed by atoms with Gasteiger partial charge in [0, 0.05) is 18.1 Å². The Morgan fingerprint density at radius 1 is 0.938 bits per heavy atom. The molecule has 7 rings (SSSR count). The third-order valence-electron chi connectivity index (χ3n) is 7.16. The van der Waals surface area contributed by atoms with Gasteiger partial charge in [0.1, 0.15) is 0 Å². The van der Waals surface area contributed by atoms with Crippen molar-refractivity contribution < 1.29 is 14.5 Å². The Kier molecular flexibility index (Phi) is 3.85. The van der Waals surface area contributed by atoms with Gasteiger partial charge in [-0.15, -0.1) is 0 Å². The van der Waals surface area contributed by atoms with Gasteiger partial charge >= 0.3 is 0 Å². The number of carbonyl (C=O) groups excluding carboxylic acids is 2. The Morgan fingerprint density at radius 3 is 2.12 bits per heavy atom. The number of anilines is 1. The molecule has 0 spiro atoms. The first-order chi connectivity index (χ1) is 15.4. The molecule has 1 saturated heterocycles. The van der Waals surface area contributed by atoms with Crippen LogP contribution >= 0.6 is 15.9 Å². The lowest BCUT2D eigenvalue weighted by molar-refractivity contribution is -0.384. The highest BCUT2D eigenvalue weighted by atomic mass is 79.9. The van der Waals surface area contributed by atoms with Gasteiger partial charge in [-0.05, 0) is 34.7 Å². The maximum absolute atomic E-state index is 13.9. The number of alkyl halides is 1. The summed E-state index contributed by atoms with van der Waals surface area (Å²) in [5.41, 5.74) is 4.87. The van der Waals surface area contributed by atoms with Gasteiger partial charge in [-0.25, -0.2) is 4.90 Å². The molecule has 7 heteroatoms. The average molecular weight is 489 g/mol. The van der Waals surface area contributed by atoms with Crippen LogP contribution in [-0.2, 0) is 13.9 Å². The lowest BCUT2D eigenvalue weighted by Gasteiger charge is -2.51. The van der Waals surface area contributed by atoms with Crippen LogP contribution in [0.4, 0.5) is 11.4 Å². The molecule has 2 bridgehead atoms. The number of hydrogen-bond donors (Lipinski definition) is 0. The standard InChI is InChI=1S/C25H17BrN2O4/c1-13-10-11-14(28(31)32)12-19(13)27-23(29)21-20-15-6-2-4-8-17(15)25(26,22(21)24(27)30)18-9-5-3-7-16(18)20/h2-12,20-22H,1H3/t20?,21-,22+,25?/m1/s1. The quantitative estimate of drug-likeness (QED) is 0.224. The zero-order valence-electron chi connectivity index (χ0n) is 17.0. The lowest BCUT2D eigenvalue weighted by Crippen LogP contribution is -2.50. The van der Waals surface area contributed by atoms with E-state index in [1.165, 1.54) is 17.0 Å². The number of carbonyl (C=O) groups is 2. The molecule has 0 aromatic heterocycles. The third kappa shape index (κ3) is 2.19. The van der Waals surface area contributed by atoms with E-state index in [0.29, 0.717) is 5.56 Å². The van der Waals surface area contributed by atoms with Crippen molar-refractivity contribution in [1.29, 1.82) is 0 Å². The number of non-ortho nitro benzene ring substituents is 1. The molecule has 32 heavy (non-hydrogen) atoms. The number of rotatable bonds is 2. The summed E-state index contributed by atoms with van der Waals surface area (Å²) in [4.78, 5) is 39.8. The van der Waals surface area contributed by atoms with Crippen LogP contribution in [0, 0.1) is 28.9 Å². The van der Waals surface area contributed by atoms with Gasteiger partial charge in [0.2, 0.25) is 11.8 Å². The minimum atomic E-state index is -0.838. The number of amides is 2. The molecule has 0 radical (unpaired) electrons. The normalized spacial score (nSPS) is 27.2. The van der Waals surface area contributed by atoms with E-state index in [0.717, 1.165) is 22.3 Å². The SMILES string of the molecule is Cc1ccc([N+](=O)[O-])cc1N1C(=O)[C@@H]2C3c4ccccc4C(Br)(c4ccccc43)[C@@H]2C1=O. The molecule has 1 heterocycles. The zero-order valence-corrected chi connectivity index (χ0v) is 18.6. The van der Waals surface area contributed by atoms with Crippen molar-refractivity contribution in [1.82, 2.24) is 0 Å². The zero-order chi connectivity index (χ0) is 22.4.